The molecule has 0 aliphatic carbocycles. The van der Waals surface area contributed by atoms with Crippen LogP contribution in [0, 0.1) is 0 Å². The first-order valence-electron chi connectivity index (χ1n) is 9.51. The number of hydrogen-bond acceptors (Lipinski definition) is 0. The lowest BCUT2D eigenvalue weighted by atomic mass is 9.62. The molecule has 4 aromatic rings. The highest BCUT2D eigenvalue weighted by Gasteiger charge is 2.39. The highest BCUT2D eigenvalue weighted by atomic mass is 31.0. The summed E-state index contributed by atoms with van der Waals surface area (Å²) in [6.07, 6.45) is 0. The molecule has 29 heavy (non-hydrogen) atoms. The molecule has 0 saturated carbocycles. The molecule has 0 radical (unpaired) electrons. The van der Waals surface area contributed by atoms with Crippen LogP contribution in [0.4, 0.5) is 0 Å². The van der Waals surface area contributed by atoms with Gasteiger partial charge in [-0.3, -0.25) is 0 Å². The van der Waals surface area contributed by atoms with E-state index in [2.05, 4.69) is 128 Å². The van der Waals surface area contributed by atoms with Crippen molar-refractivity contribution >= 4 is 19.8 Å². The maximum atomic E-state index is 2.38. The third kappa shape index (κ3) is 4.67. The van der Waals surface area contributed by atoms with Crippen molar-refractivity contribution in [1.82, 2.24) is 0 Å². The third-order valence-electron chi connectivity index (χ3n) is 5.59. The van der Waals surface area contributed by atoms with Gasteiger partial charge in [0.25, 0.3) is 0 Å². The topological polar surface area (TPSA) is 0 Å². The van der Waals surface area contributed by atoms with Crippen LogP contribution in [0.1, 0.15) is 35.1 Å². The van der Waals surface area contributed by atoms with Crippen molar-refractivity contribution in [2.75, 3.05) is 0 Å². The second kappa shape index (κ2) is 10.5. The van der Waals surface area contributed by atoms with Gasteiger partial charge in [-0.1, -0.05) is 128 Å². The fourth-order valence-corrected chi connectivity index (χ4v) is 4.22. The Morgan fingerprint density at radius 2 is 0.724 bits per heavy atom. The van der Waals surface area contributed by atoms with Gasteiger partial charge in [-0.2, -0.15) is 19.8 Å². The van der Waals surface area contributed by atoms with Crippen LogP contribution in [0.25, 0.3) is 0 Å². The zero-order valence-corrected chi connectivity index (χ0v) is 19.9. The first-order chi connectivity index (χ1) is 13.3. The van der Waals surface area contributed by atoms with Gasteiger partial charge in [0.1, 0.15) is 0 Å². The van der Waals surface area contributed by atoms with E-state index in [9.17, 15) is 0 Å². The number of rotatable bonds is 5. The highest BCUT2D eigenvalue weighted by molar-refractivity contribution is 6.92. The summed E-state index contributed by atoms with van der Waals surface area (Å²) in [5, 5.41) is 0. The van der Waals surface area contributed by atoms with Gasteiger partial charge in [0.2, 0.25) is 0 Å². The Bertz CT molecular complexity index is 889. The van der Waals surface area contributed by atoms with Crippen molar-refractivity contribution in [1.29, 1.82) is 0 Å². The maximum Gasteiger partial charge on any atom is 0.0283 e. The van der Waals surface area contributed by atoms with Crippen molar-refractivity contribution in [3.05, 3.63) is 144 Å². The van der Waals surface area contributed by atoms with Crippen molar-refractivity contribution in [3.63, 3.8) is 0 Å². The van der Waals surface area contributed by atoms with Gasteiger partial charge in [-0.25, -0.2) is 0 Å². The monoisotopic (exact) mass is 416 g/mol. The molecule has 2 atom stereocenters. The van der Waals surface area contributed by atoms with E-state index in [0.717, 1.165) is 0 Å². The van der Waals surface area contributed by atoms with Gasteiger partial charge < -0.3 is 0 Å². The van der Waals surface area contributed by atoms with Crippen LogP contribution in [0.15, 0.2) is 121 Å². The molecule has 0 N–H and O–H groups in total. The maximum absolute atomic E-state index is 2.38. The quantitative estimate of drug-likeness (QED) is 0.309. The molecular weight excluding hydrogens is 386 g/mol. The van der Waals surface area contributed by atoms with Crippen molar-refractivity contribution in [2.45, 2.75) is 18.3 Å². The second-order valence-electron chi connectivity index (χ2n) is 7.19. The first-order valence-corrected chi connectivity index (χ1v) is 9.51. The van der Waals surface area contributed by atoms with Crippen molar-refractivity contribution < 1.29 is 0 Å². The van der Waals surface area contributed by atoms with E-state index >= 15 is 0 Å². The summed E-state index contributed by atoms with van der Waals surface area (Å²) in [6, 6.07) is 43.5. The second-order valence-corrected chi connectivity index (χ2v) is 7.19. The van der Waals surface area contributed by atoms with Gasteiger partial charge >= 0.3 is 0 Å². The molecule has 0 aliphatic rings. The largest absolute Gasteiger partial charge is 0.153 e. The Morgan fingerprint density at radius 1 is 0.448 bits per heavy atom. The minimum Gasteiger partial charge on any atom is -0.153 e. The average molecular weight is 416 g/mol. The standard InChI is InChI=1S/C27H24.2H3P/c1-27(24-18-10-4-11-19-24,25-20-12-5-13-21-25)26(22-14-6-2-7-15-22)23-16-8-3-9-17-23;;/h2-21,26H,1H3;2*1H3. The highest BCUT2D eigenvalue weighted by Crippen LogP contribution is 2.47. The van der Waals surface area contributed by atoms with Crippen LogP contribution < -0.4 is 0 Å². The summed E-state index contributed by atoms with van der Waals surface area (Å²) in [4.78, 5) is 0. The summed E-state index contributed by atoms with van der Waals surface area (Å²) in [7, 11) is 0. The number of benzene rings is 4. The molecule has 0 bridgehead atoms. The first kappa shape index (κ1) is 23.0. The lowest BCUT2D eigenvalue weighted by Gasteiger charge is -2.40. The van der Waals surface area contributed by atoms with Crippen LogP contribution in [-0.2, 0) is 5.41 Å². The molecule has 148 valence electrons. The summed E-state index contributed by atoms with van der Waals surface area (Å²) in [5.41, 5.74) is 5.13. The van der Waals surface area contributed by atoms with Crippen LogP contribution in [0.5, 0.6) is 0 Å². The molecule has 2 heteroatoms. The predicted octanol–water partition coefficient (Wildman–Crippen LogP) is 6.94. The van der Waals surface area contributed by atoms with Crippen LogP contribution >= 0.6 is 19.8 Å². The Balaban J connectivity index is 0.00000150. The Morgan fingerprint density at radius 3 is 1.03 bits per heavy atom. The van der Waals surface area contributed by atoms with Crippen LogP contribution in [0.3, 0.4) is 0 Å². The van der Waals surface area contributed by atoms with Crippen molar-refractivity contribution in [3.8, 4) is 0 Å². The summed E-state index contributed by atoms with van der Waals surface area (Å²) >= 11 is 0. The van der Waals surface area contributed by atoms with Gasteiger partial charge in [0.05, 0.1) is 0 Å². The third-order valence-corrected chi connectivity index (χ3v) is 5.59. The summed E-state index contributed by atoms with van der Waals surface area (Å²) in [6.45, 7) is 2.38. The van der Waals surface area contributed by atoms with Gasteiger partial charge in [0.15, 0.2) is 0 Å². The average Bonchev–Trinajstić information content (AvgIpc) is 2.76. The lowest BCUT2D eigenvalue weighted by molar-refractivity contribution is 0.498. The fraction of sp³-hybridized carbons (Fsp3) is 0.111. The zero-order valence-electron chi connectivity index (χ0n) is 17.0. The van der Waals surface area contributed by atoms with E-state index < -0.39 is 0 Å². The molecule has 0 heterocycles. The molecule has 0 spiro atoms. The molecule has 2 unspecified atom stereocenters. The Hall–Kier alpha value is -2.26. The smallest absolute Gasteiger partial charge is 0.0283 e. The van der Waals surface area contributed by atoms with Crippen LogP contribution in [-0.4, -0.2) is 0 Å². The molecule has 4 aromatic carbocycles. The van der Waals surface area contributed by atoms with E-state index in [0.29, 0.717) is 0 Å². The predicted molar refractivity (Wildman–Crippen MR) is 136 cm³/mol. The molecule has 0 amide bonds. The molecule has 0 fully saturated rings. The summed E-state index contributed by atoms with van der Waals surface area (Å²) < 4.78 is 0. The van der Waals surface area contributed by atoms with Gasteiger partial charge in [-0.05, 0) is 22.3 Å². The normalized spacial score (nSPS) is 10.7. The SMILES string of the molecule is CC(c1ccccc1)(c1ccccc1)C(c1ccccc1)c1ccccc1.P.P. The van der Waals surface area contributed by atoms with Crippen molar-refractivity contribution in [2.24, 2.45) is 0 Å². The lowest BCUT2D eigenvalue weighted by Crippen LogP contribution is -2.32. The van der Waals surface area contributed by atoms with Gasteiger partial charge in [-0.15, -0.1) is 0 Å². The van der Waals surface area contributed by atoms with Gasteiger partial charge in [0, 0.05) is 11.3 Å². The Labute approximate surface area is 181 Å². The molecule has 0 saturated heterocycles. The van der Waals surface area contributed by atoms with E-state index in [4.69, 9.17) is 0 Å². The minimum atomic E-state index is -0.189. The van der Waals surface area contributed by atoms with E-state index in [-0.39, 0.29) is 31.1 Å². The van der Waals surface area contributed by atoms with E-state index in [1.807, 2.05) is 0 Å². The molecule has 0 aromatic heterocycles. The zero-order chi connectivity index (χ0) is 18.5. The fourth-order valence-electron chi connectivity index (χ4n) is 4.22. The molecule has 0 aliphatic heterocycles. The van der Waals surface area contributed by atoms with E-state index in [1.165, 1.54) is 22.3 Å². The molecule has 4 rings (SSSR count). The van der Waals surface area contributed by atoms with E-state index in [1.54, 1.807) is 0 Å². The molecular formula is C27H30P2. The number of hydrogen-bond donors (Lipinski definition) is 0. The molecule has 0 nitrogen and oxygen atoms in total. The minimum absolute atomic E-state index is 0. The Kier molecular flexibility index (Phi) is 8.33. The van der Waals surface area contributed by atoms with Crippen LogP contribution in [0.2, 0.25) is 0 Å². The summed E-state index contributed by atoms with van der Waals surface area (Å²) in [5.74, 6) is 0.213.